The largest absolute Gasteiger partial charge is 0.375 e. The Balaban J connectivity index is 2.09. The minimum atomic E-state index is -0.340. The van der Waals surface area contributed by atoms with Gasteiger partial charge in [0.25, 0.3) is 5.69 Å². The van der Waals surface area contributed by atoms with Crippen LogP contribution in [-0.2, 0) is 4.74 Å². The van der Waals surface area contributed by atoms with Gasteiger partial charge in [-0.2, -0.15) is 0 Å². The number of rotatable bonds is 5. The molecule has 0 saturated carbocycles. The molecule has 0 aromatic heterocycles. The van der Waals surface area contributed by atoms with E-state index in [1.807, 2.05) is 6.07 Å². The lowest BCUT2D eigenvalue weighted by atomic mass is 9.92. The highest BCUT2D eigenvalue weighted by molar-refractivity contribution is 5.35. The number of ether oxygens (including phenoxy) is 1. The fraction of sp³-hybridized carbons (Fsp3) is 0.625. The quantitative estimate of drug-likeness (QED) is 0.665. The monoisotopic (exact) mass is 292 g/mol. The summed E-state index contributed by atoms with van der Waals surface area (Å²) in [5.41, 5.74) is 1.03. The number of non-ortho nitro benzene ring substituents is 1. The average Bonchev–Trinajstić information content (AvgIpc) is 2.44. The molecule has 1 aromatic carbocycles. The zero-order valence-corrected chi connectivity index (χ0v) is 13.0. The van der Waals surface area contributed by atoms with Gasteiger partial charge in [0.05, 0.1) is 10.5 Å². The van der Waals surface area contributed by atoms with Gasteiger partial charge < -0.3 is 10.1 Å². The summed E-state index contributed by atoms with van der Waals surface area (Å²) in [6.45, 7) is 7.07. The van der Waals surface area contributed by atoms with E-state index >= 15 is 0 Å². The van der Waals surface area contributed by atoms with E-state index in [0.717, 1.165) is 31.4 Å². The average molecular weight is 292 g/mol. The van der Waals surface area contributed by atoms with Crippen LogP contribution >= 0.6 is 0 Å². The normalized spacial score (nSPS) is 22.7. The van der Waals surface area contributed by atoms with E-state index < -0.39 is 0 Å². The van der Waals surface area contributed by atoms with Gasteiger partial charge in [-0.15, -0.1) is 0 Å². The van der Waals surface area contributed by atoms with Crippen molar-refractivity contribution in [1.29, 1.82) is 0 Å². The summed E-state index contributed by atoms with van der Waals surface area (Å²) in [4.78, 5) is 10.6. The van der Waals surface area contributed by atoms with Gasteiger partial charge in [-0.3, -0.25) is 10.1 Å². The highest BCUT2D eigenvalue weighted by Gasteiger charge is 2.30. The van der Waals surface area contributed by atoms with Gasteiger partial charge in [0.1, 0.15) is 0 Å². The Bertz CT molecular complexity index is 502. The molecule has 116 valence electrons. The van der Waals surface area contributed by atoms with Crippen molar-refractivity contribution in [2.75, 3.05) is 6.61 Å². The first-order chi connectivity index (χ1) is 9.91. The molecule has 0 aliphatic carbocycles. The van der Waals surface area contributed by atoms with Gasteiger partial charge in [-0.1, -0.05) is 19.1 Å². The van der Waals surface area contributed by atoms with Crippen molar-refractivity contribution in [1.82, 2.24) is 5.32 Å². The minimum absolute atomic E-state index is 0.100. The molecule has 5 heteroatoms. The first-order valence-electron chi connectivity index (χ1n) is 7.55. The molecule has 5 nitrogen and oxygen atoms in total. The van der Waals surface area contributed by atoms with Gasteiger partial charge in [-0.05, 0) is 38.7 Å². The molecule has 2 rings (SSSR count). The van der Waals surface area contributed by atoms with Crippen molar-refractivity contribution in [2.45, 2.75) is 57.7 Å². The van der Waals surface area contributed by atoms with Crippen molar-refractivity contribution >= 4 is 5.69 Å². The van der Waals surface area contributed by atoms with Crippen LogP contribution in [0.5, 0.6) is 0 Å². The van der Waals surface area contributed by atoms with Crippen molar-refractivity contribution in [3.63, 3.8) is 0 Å². The lowest BCUT2D eigenvalue weighted by Crippen LogP contribution is -2.44. The maximum Gasteiger partial charge on any atom is 0.269 e. The topological polar surface area (TPSA) is 64.4 Å². The Labute approximate surface area is 125 Å². The van der Waals surface area contributed by atoms with Crippen LogP contribution in [0.25, 0.3) is 0 Å². The van der Waals surface area contributed by atoms with E-state index in [0.29, 0.717) is 6.04 Å². The SMILES string of the molecule is CCC(NC1CCOC(C)(C)C1)c1cccc([N+](=O)[O-])c1. The summed E-state index contributed by atoms with van der Waals surface area (Å²) in [5, 5.41) is 14.5. The Hall–Kier alpha value is -1.46. The highest BCUT2D eigenvalue weighted by atomic mass is 16.6. The second kappa shape index (κ2) is 6.54. The predicted octanol–water partition coefficient (Wildman–Crippen LogP) is 3.59. The summed E-state index contributed by atoms with van der Waals surface area (Å²) in [6.07, 6.45) is 2.84. The third-order valence-corrected chi connectivity index (χ3v) is 4.03. The zero-order chi connectivity index (χ0) is 15.5. The van der Waals surface area contributed by atoms with Crippen molar-refractivity contribution in [3.05, 3.63) is 39.9 Å². The van der Waals surface area contributed by atoms with Crippen LogP contribution in [0.15, 0.2) is 24.3 Å². The van der Waals surface area contributed by atoms with Crippen molar-refractivity contribution in [2.24, 2.45) is 0 Å². The molecule has 0 spiro atoms. The van der Waals surface area contributed by atoms with Gasteiger partial charge >= 0.3 is 0 Å². The zero-order valence-electron chi connectivity index (χ0n) is 13.0. The summed E-state index contributed by atoms with van der Waals surface area (Å²) in [7, 11) is 0. The van der Waals surface area contributed by atoms with Gasteiger partial charge in [0, 0.05) is 30.8 Å². The predicted molar refractivity (Wildman–Crippen MR) is 82.3 cm³/mol. The van der Waals surface area contributed by atoms with Crippen LogP contribution < -0.4 is 5.32 Å². The molecule has 1 aliphatic rings. The Morgan fingerprint density at radius 1 is 1.52 bits per heavy atom. The standard InChI is InChI=1S/C16H24N2O3/c1-4-15(12-6-5-7-14(10-12)18(19)20)17-13-8-9-21-16(2,3)11-13/h5-7,10,13,15,17H,4,8-9,11H2,1-3H3. The molecule has 0 bridgehead atoms. The minimum Gasteiger partial charge on any atom is -0.375 e. The first-order valence-corrected chi connectivity index (χ1v) is 7.55. The number of nitrogens with zero attached hydrogens (tertiary/aromatic N) is 1. The fourth-order valence-electron chi connectivity index (χ4n) is 2.96. The third-order valence-electron chi connectivity index (χ3n) is 4.03. The lowest BCUT2D eigenvalue weighted by molar-refractivity contribution is -0.384. The molecule has 1 N–H and O–H groups in total. The first kappa shape index (κ1) is 15.9. The second-order valence-corrected chi connectivity index (χ2v) is 6.28. The molecule has 1 aromatic rings. The number of hydrogen-bond donors (Lipinski definition) is 1. The molecule has 2 unspecified atom stereocenters. The summed E-state index contributed by atoms with van der Waals surface area (Å²) in [5.74, 6) is 0. The molecule has 1 heterocycles. The van der Waals surface area contributed by atoms with Crippen LogP contribution in [0.3, 0.4) is 0 Å². The molecule has 1 saturated heterocycles. The van der Waals surface area contributed by atoms with E-state index in [4.69, 9.17) is 4.74 Å². The number of hydrogen-bond acceptors (Lipinski definition) is 4. The molecule has 1 fully saturated rings. The Morgan fingerprint density at radius 3 is 2.90 bits per heavy atom. The summed E-state index contributed by atoms with van der Waals surface area (Å²) >= 11 is 0. The van der Waals surface area contributed by atoms with Crippen LogP contribution in [0.4, 0.5) is 5.69 Å². The number of nitro groups is 1. The fourth-order valence-corrected chi connectivity index (χ4v) is 2.96. The van der Waals surface area contributed by atoms with Crippen LogP contribution in [-0.4, -0.2) is 23.2 Å². The third kappa shape index (κ3) is 4.25. The van der Waals surface area contributed by atoms with E-state index in [-0.39, 0.29) is 22.3 Å². The Kier molecular flexibility index (Phi) is 4.96. The van der Waals surface area contributed by atoms with Crippen LogP contribution in [0, 0.1) is 10.1 Å². The van der Waals surface area contributed by atoms with E-state index in [2.05, 4.69) is 26.1 Å². The molecule has 0 radical (unpaired) electrons. The summed E-state index contributed by atoms with van der Waals surface area (Å²) < 4.78 is 5.74. The highest BCUT2D eigenvalue weighted by Crippen LogP contribution is 2.28. The maximum atomic E-state index is 10.9. The van der Waals surface area contributed by atoms with Crippen LogP contribution in [0.1, 0.15) is 51.6 Å². The second-order valence-electron chi connectivity index (χ2n) is 6.28. The van der Waals surface area contributed by atoms with Crippen molar-refractivity contribution < 1.29 is 9.66 Å². The van der Waals surface area contributed by atoms with Gasteiger partial charge in [-0.25, -0.2) is 0 Å². The molecular weight excluding hydrogens is 268 g/mol. The number of nitrogens with one attached hydrogen (secondary N) is 1. The smallest absolute Gasteiger partial charge is 0.269 e. The van der Waals surface area contributed by atoms with Gasteiger partial charge in [0.15, 0.2) is 0 Å². The van der Waals surface area contributed by atoms with Crippen LogP contribution in [0.2, 0.25) is 0 Å². The molecule has 21 heavy (non-hydrogen) atoms. The number of benzene rings is 1. The molecule has 0 amide bonds. The van der Waals surface area contributed by atoms with Gasteiger partial charge in [0.2, 0.25) is 0 Å². The van der Waals surface area contributed by atoms with E-state index in [1.165, 1.54) is 6.07 Å². The lowest BCUT2D eigenvalue weighted by Gasteiger charge is -2.37. The molecular formula is C16H24N2O3. The van der Waals surface area contributed by atoms with E-state index in [9.17, 15) is 10.1 Å². The van der Waals surface area contributed by atoms with Crippen molar-refractivity contribution in [3.8, 4) is 0 Å². The molecule has 2 atom stereocenters. The maximum absolute atomic E-state index is 10.9. The Morgan fingerprint density at radius 2 is 2.29 bits per heavy atom. The molecule has 1 aliphatic heterocycles. The number of nitro benzene ring substituents is 1. The summed E-state index contributed by atoms with van der Waals surface area (Å²) in [6, 6.07) is 7.45. The van der Waals surface area contributed by atoms with E-state index in [1.54, 1.807) is 12.1 Å².